The summed E-state index contributed by atoms with van der Waals surface area (Å²) in [6, 6.07) is 20.3. The Hall–Kier alpha value is -3.64. The number of rotatable bonds is 3. The summed E-state index contributed by atoms with van der Waals surface area (Å²) in [4.78, 5) is 29.1. The number of nitrogens with one attached hydrogen (secondary N) is 2. The first-order chi connectivity index (χ1) is 13.6. The van der Waals surface area contributed by atoms with Gasteiger partial charge in [-0.25, -0.2) is 14.6 Å². The van der Waals surface area contributed by atoms with Gasteiger partial charge in [0.2, 0.25) is 5.89 Å². The van der Waals surface area contributed by atoms with Crippen LogP contribution in [0, 0.1) is 0 Å². The molecule has 138 valence electrons. The number of para-hydroxylation sites is 3. The van der Waals surface area contributed by atoms with Gasteiger partial charge in [0.1, 0.15) is 0 Å². The maximum Gasteiger partial charge on any atom is 0.347 e. The summed E-state index contributed by atoms with van der Waals surface area (Å²) in [5, 5.41) is 6.25. The number of hydrogen-bond donors (Lipinski definition) is 2. The van der Waals surface area contributed by atoms with Crippen molar-refractivity contribution in [2.45, 2.75) is 0 Å². The number of amides is 2. The molecule has 1 heterocycles. The molecule has 2 amide bonds. The highest BCUT2D eigenvalue weighted by Crippen LogP contribution is 2.27. The van der Waals surface area contributed by atoms with Crippen molar-refractivity contribution in [2.75, 3.05) is 10.6 Å². The third-order valence-electron chi connectivity index (χ3n) is 4.06. The molecular formula is C21H14ClN3O3. The van der Waals surface area contributed by atoms with Crippen LogP contribution < -0.4 is 16.3 Å². The Kier molecular flexibility index (Phi) is 4.78. The van der Waals surface area contributed by atoms with Crippen molar-refractivity contribution in [3.05, 3.63) is 88.2 Å². The van der Waals surface area contributed by atoms with Gasteiger partial charge >= 0.3 is 11.7 Å². The highest BCUT2D eigenvalue weighted by molar-refractivity contribution is 6.33. The van der Waals surface area contributed by atoms with E-state index in [0.29, 0.717) is 32.9 Å². The van der Waals surface area contributed by atoms with E-state index in [4.69, 9.17) is 16.0 Å². The van der Waals surface area contributed by atoms with E-state index in [9.17, 15) is 9.59 Å². The van der Waals surface area contributed by atoms with Crippen LogP contribution in [0.2, 0.25) is 5.02 Å². The molecule has 7 heteroatoms. The predicted octanol–water partition coefficient (Wildman–Crippen LogP) is 5.15. The fourth-order valence-corrected chi connectivity index (χ4v) is 2.93. The molecule has 0 saturated heterocycles. The quantitative estimate of drug-likeness (QED) is 0.505. The van der Waals surface area contributed by atoms with Gasteiger partial charge in [-0.2, -0.15) is 0 Å². The third kappa shape index (κ3) is 3.58. The third-order valence-corrected chi connectivity index (χ3v) is 4.39. The van der Waals surface area contributed by atoms with Crippen molar-refractivity contribution in [3.63, 3.8) is 0 Å². The summed E-state index contributed by atoms with van der Waals surface area (Å²) in [6.45, 7) is 0. The monoisotopic (exact) mass is 391 g/mol. The van der Waals surface area contributed by atoms with E-state index in [-0.39, 0.29) is 5.89 Å². The van der Waals surface area contributed by atoms with Crippen LogP contribution >= 0.6 is 11.6 Å². The molecule has 28 heavy (non-hydrogen) atoms. The highest BCUT2D eigenvalue weighted by Gasteiger charge is 2.14. The van der Waals surface area contributed by atoms with E-state index in [1.54, 1.807) is 72.8 Å². The zero-order valence-electron chi connectivity index (χ0n) is 14.5. The van der Waals surface area contributed by atoms with Crippen LogP contribution in [-0.2, 0) is 0 Å². The lowest BCUT2D eigenvalue weighted by Crippen LogP contribution is -2.20. The van der Waals surface area contributed by atoms with Crippen molar-refractivity contribution in [1.82, 2.24) is 4.98 Å². The minimum atomic E-state index is -0.490. The molecule has 0 aliphatic carbocycles. The fourth-order valence-electron chi connectivity index (χ4n) is 2.75. The van der Waals surface area contributed by atoms with E-state index in [1.807, 2.05) is 0 Å². The lowest BCUT2D eigenvalue weighted by atomic mass is 10.1. The summed E-state index contributed by atoms with van der Waals surface area (Å²) < 4.78 is 5.38. The zero-order valence-corrected chi connectivity index (χ0v) is 15.2. The average molecular weight is 392 g/mol. The number of nitrogens with zero attached hydrogens (tertiary/aromatic N) is 1. The molecule has 4 rings (SSSR count). The molecule has 6 nitrogen and oxygen atoms in total. The standard InChI is InChI=1S/C21H14ClN3O3/c22-15-9-3-6-12-18(15)25-21(27)24-16-10-4-1-7-13(16)19-23-17-11-5-2-8-14(17)20(26)28-19/h1-12H,(H2,24,25,27). The summed E-state index contributed by atoms with van der Waals surface area (Å²) in [7, 11) is 0. The van der Waals surface area contributed by atoms with Gasteiger partial charge in [0.25, 0.3) is 0 Å². The number of carbonyl (C=O) groups is 1. The van der Waals surface area contributed by atoms with E-state index in [2.05, 4.69) is 15.6 Å². The van der Waals surface area contributed by atoms with Crippen molar-refractivity contribution in [1.29, 1.82) is 0 Å². The lowest BCUT2D eigenvalue weighted by Gasteiger charge is -2.12. The Balaban J connectivity index is 1.67. The van der Waals surface area contributed by atoms with Crippen LogP contribution in [0.3, 0.4) is 0 Å². The molecular weight excluding hydrogens is 378 g/mol. The average Bonchev–Trinajstić information content (AvgIpc) is 2.70. The molecule has 0 aliphatic rings. The molecule has 0 bridgehead atoms. The molecule has 2 N–H and O–H groups in total. The van der Waals surface area contributed by atoms with Gasteiger partial charge in [-0.05, 0) is 36.4 Å². The highest BCUT2D eigenvalue weighted by atomic mass is 35.5. The summed E-state index contributed by atoms with van der Waals surface area (Å²) in [5.74, 6) is 0.123. The van der Waals surface area contributed by atoms with E-state index in [0.717, 1.165) is 0 Å². The maximum absolute atomic E-state index is 12.4. The second kappa shape index (κ2) is 7.54. The van der Waals surface area contributed by atoms with Gasteiger partial charge in [0, 0.05) is 0 Å². The Labute approximate surface area is 164 Å². The van der Waals surface area contributed by atoms with E-state index in [1.165, 1.54) is 0 Å². The second-order valence-electron chi connectivity index (χ2n) is 5.93. The topological polar surface area (TPSA) is 84.2 Å². The number of hydrogen-bond acceptors (Lipinski definition) is 4. The second-order valence-corrected chi connectivity index (χ2v) is 6.34. The summed E-state index contributed by atoms with van der Waals surface area (Å²) >= 11 is 6.07. The molecule has 0 aliphatic heterocycles. The first kappa shape index (κ1) is 17.8. The number of carbonyl (C=O) groups excluding carboxylic acids is 1. The normalized spacial score (nSPS) is 10.6. The van der Waals surface area contributed by atoms with Crippen LogP contribution in [0.4, 0.5) is 16.2 Å². The summed E-state index contributed by atoms with van der Waals surface area (Å²) in [5.41, 5.74) is 1.44. The van der Waals surface area contributed by atoms with Crippen LogP contribution in [0.5, 0.6) is 0 Å². The van der Waals surface area contributed by atoms with Gasteiger partial charge in [-0.15, -0.1) is 0 Å². The fraction of sp³-hybridized carbons (Fsp3) is 0. The molecule has 4 aromatic rings. The minimum absolute atomic E-state index is 0.123. The Morgan fingerprint density at radius 1 is 0.857 bits per heavy atom. The van der Waals surface area contributed by atoms with Gasteiger partial charge in [-0.1, -0.05) is 48.0 Å². The molecule has 0 saturated carbocycles. The Morgan fingerprint density at radius 2 is 1.50 bits per heavy atom. The van der Waals surface area contributed by atoms with Crippen molar-refractivity contribution >= 4 is 39.9 Å². The molecule has 0 fully saturated rings. The number of aromatic nitrogens is 1. The first-order valence-corrected chi connectivity index (χ1v) is 8.81. The van der Waals surface area contributed by atoms with Crippen LogP contribution in [-0.4, -0.2) is 11.0 Å². The molecule has 3 aromatic carbocycles. The van der Waals surface area contributed by atoms with Gasteiger partial charge in [0.15, 0.2) is 0 Å². The van der Waals surface area contributed by atoms with Crippen molar-refractivity contribution in [3.8, 4) is 11.5 Å². The number of benzene rings is 3. The van der Waals surface area contributed by atoms with E-state index >= 15 is 0 Å². The SMILES string of the molecule is O=C(Nc1ccccc1Cl)Nc1ccccc1-c1nc2ccccc2c(=O)o1. The Bertz CT molecular complexity index is 1240. The maximum atomic E-state index is 12.4. The van der Waals surface area contributed by atoms with E-state index < -0.39 is 11.7 Å². The Morgan fingerprint density at radius 3 is 2.32 bits per heavy atom. The van der Waals surface area contributed by atoms with Crippen LogP contribution in [0.15, 0.2) is 82.0 Å². The number of halogens is 1. The largest absolute Gasteiger partial charge is 0.403 e. The first-order valence-electron chi connectivity index (χ1n) is 8.43. The zero-order chi connectivity index (χ0) is 19.5. The van der Waals surface area contributed by atoms with Crippen molar-refractivity contribution in [2.24, 2.45) is 0 Å². The molecule has 0 radical (unpaired) electrons. The molecule has 0 unspecified atom stereocenters. The minimum Gasteiger partial charge on any atom is -0.403 e. The van der Waals surface area contributed by atoms with Gasteiger partial charge < -0.3 is 15.1 Å². The molecule has 1 aromatic heterocycles. The number of urea groups is 1. The van der Waals surface area contributed by atoms with Gasteiger partial charge in [-0.3, -0.25) is 0 Å². The molecule has 0 spiro atoms. The van der Waals surface area contributed by atoms with Gasteiger partial charge in [0.05, 0.1) is 32.9 Å². The predicted molar refractivity (Wildman–Crippen MR) is 110 cm³/mol. The van der Waals surface area contributed by atoms with Crippen LogP contribution in [0.25, 0.3) is 22.4 Å². The van der Waals surface area contributed by atoms with Crippen molar-refractivity contribution < 1.29 is 9.21 Å². The summed E-state index contributed by atoms with van der Waals surface area (Å²) in [6.07, 6.45) is 0. The van der Waals surface area contributed by atoms with Crippen LogP contribution in [0.1, 0.15) is 0 Å². The number of fused-ring (bicyclic) bond motifs is 1. The smallest absolute Gasteiger partial charge is 0.347 e. The number of anilines is 2. The lowest BCUT2D eigenvalue weighted by molar-refractivity contribution is 0.262. The molecule has 0 atom stereocenters.